The molecule has 0 saturated carbocycles. The van der Waals surface area contributed by atoms with E-state index in [9.17, 15) is 14.9 Å². The van der Waals surface area contributed by atoms with Crippen LogP contribution in [0.2, 0.25) is 0 Å². The first-order valence-corrected chi connectivity index (χ1v) is 8.74. The third-order valence-electron chi connectivity index (χ3n) is 4.25. The number of furan rings is 1. The number of carbonyl (C=O) groups is 1. The van der Waals surface area contributed by atoms with Crippen molar-refractivity contribution in [2.24, 2.45) is 0 Å². The lowest BCUT2D eigenvalue weighted by atomic mass is 9.91. The second-order valence-electron chi connectivity index (χ2n) is 5.99. The van der Waals surface area contributed by atoms with Crippen LogP contribution in [0.15, 0.2) is 35.0 Å². The molecule has 0 fully saturated rings. The molecule has 1 atom stereocenters. The minimum atomic E-state index is -0.647. The number of pyridine rings is 1. The molecule has 0 radical (unpaired) electrons. The van der Waals surface area contributed by atoms with Gasteiger partial charge in [-0.3, -0.25) is 19.9 Å². The fraction of sp³-hybridized carbons (Fsp3) is 0.368. The number of nitro groups is 1. The maximum Gasteiger partial charge on any atom is 0.306 e. The van der Waals surface area contributed by atoms with Crippen molar-refractivity contribution in [1.29, 1.82) is 0 Å². The summed E-state index contributed by atoms with van der Waals surface area (Å²) in [5.74, 6) is -0.574. The Balaban J connectivity index is 2.19. The summed E-state index contributed by atoms with van der Waals surface area (Å²) in [4.78, 5) is 26.9. The highest BCUT2D eigenvalue weighted by Crippen LogP contribution is 2.40. The first kappa shape index (κ1) is 18.6. The van der Waals surface area contributed by atoms with E-state index >= 15 is 0 Å². The molecule has 3 rings (SSSR count). The highest BCUT2D eigenvalue weighted by Gasteiger charge is 2.27. The van der Waals surface area contributed by atoms with E-state index in [1.54, 1.807) is 37.5 Å². The van der Waals surface area contributed by atoms with Crippen LogP contribution in [-0.2, 0) is 9.53 Å². The molecule has 3 aromatic rings. The molecule has 1 aromatic carbocycles. The standard InChI is InChI=1S/C19H20N2O6/c1-3-25-15-6-5-13(12(11-21(23)24)9-17(22)26-4-2)18-14-7-8-20-10-16(14)27-19(15)18/h5-8,10,12H,3-4,9,11H2,1-2H3. The van der Waals surface area contributed by atoms with Crippen LogP contribution in [0.4, 0.5) is 0 Å². The first-order chi connectivity index (χ1) is 13.0. The van der Waals surface area contributed by atoms with Crippen LogP contribution in [-0.4, -0.2) is 35.6 Å². The van der Waals surface area contributed by atoms with Gasteiger partial charge in [-0.1, -0.05) is 6.07 Å². The Bertz CT molecular complexity index is 981. The summed E-state index contributed by atoms with van der Waals surface area (Å²) in [7, 11) is 0. The van der Waals surface area contributed by atoms with Gasteiger partial charge >= 0.3 is 5.97 Å². The lowest BCUT2D eigenvalue weighted by molar-refractivity contribution is -0.483. The van der Waals surface area contributed by atoms with Crippen molar-refractivity contribution in [3.8, 4) is 5.75 Å². The monoisotopic (exact) mass is 372 g/mol. The molecule has 27 heavy (non-hydrogen) atoms. The van der Waals surface area contributed by atoms with Crippen LogP contribution in [0.3, 0.4) is 0 Å². The number of hydrogen-bond acceptors (Lipinski definition) is 7. The molecule has 8 nitrogen and oxygen atoms in total. The Kier molecular flexibility index (Phi) is 5.54. The van der Waals surface area contributed by atoms with Crippen LogP contribution < -0.4 is 4.74 Å². The van der Waals surface area contributed by atoms with E-state index in [2.05, 4.69) is 4.98 Å². The molecule has 0 aliphatic heterocycles. The zero-order valence-electron chi connectivity index (χ0n) is 15.1. The molecule has 1 unspecified atom stereocenters. The Labute approximate surface area is 155 Å². The number of nitrogens with zero attached hydrogens (tertiary/aromatic N) is 2. The average Bonchev–Trinajstić information content (AvgIpc) is 3.01. The Morgan fingerprint density at radius 1 is 1.30 bits per heavy atom. The van der Waals surface area contributed by atoms with Gasteiger partial charge in [0.2, 0.25) is 6.54 Å². The fourth-order valence-electron chi connectivity index (χ4n) is 3.22. The van der Waals surface area contributed by atoms with E-state index < -0.39 is 16.8 Å². The van der Waals surface area contributed by atoms with E-state index in [1.807, 2.05) is 6.92 Å². The number of esters is 1. The van der Waals surface area contributed by atoms with Gasteiger partial charge < -0.3 is 13.9 Å². The normalized spacial score (nSPS) is 12.2. The molecule has 0 amide bonds. The van der Waals surface area contributed by atoms with Crippen LogP contribution >= 0.6 is 0 Å². The average molecular weight is 372 g/mol. The summed E-state index contributed by atoms with van der Waals surface area (Å²) in [6, 6.07) is 5.26. The minimum Gasteiger partial charge on any atom is -0.490 e. The smallest absolute Gasteiger partial charge is 0.306 e. The highest BCUT2D eigenvalue weighted by atomic mass is 16.6. The molecular formula is C19H20N2O6. The van der Waals surface area contributed by atoms with Crippen molar-refractivity contribution < 1.29 is 23.6 Å². The van der Waals surface area contributed by atoms with Gasteiger partial charge in [0.1, 0.15) is 0 Å². The number of rotatable bonds is 8. The zero-order chi connectivity index (χ0) is 19.4. The second-order valence-corrected chi connectivity index (χ2v) is 5.99. The molecule has 0 N–H and O–H groups in total. The Morgan fingerprint density at radius 3 is 2.81 bits per heavy atom. The lowest BCUT2D eigenvalue weighted by Gasteiger charge is -2.15. The zero-order valence-corrected chi connectivity index (χ0v) is 15.1. The molecule has 0 bridgehead atoms. The molecule has 2 heterocycles. The van der Waals surface area contributed by atoms with Crippen LogP contribution in [0, 0.1) is 10.1 Å². The van der Waals surface area contributed by atoms with Gasteiger partial charge in [0.15, 0.2) is 16.9 Å². The van der Waals surface area contributed by atoms with Gasteiger partial charge in [0.25, 0.3) is 0 Å². The predicted octanol–water partition coefficient (Wildman–Crippen LogP) is 3.69. The summed E-state index contributed by atoms with van der Waals surface area (Å²) < 4.78 is 16.6. The minimum absolute atomic E-state index is 0.0876. The summed E-state index contributed by atoms with van der Waals surface area (Å²) in [6.45, 7) is 3.85. The molecule has 0 aliphatic carbocycles. The summed E-state index contributed by atoms with van der Waals surface area (Å²) in [5, 5.41) is 12.7. The van der Waals surface area contributed by atoms with Gasteiger partial charge in [0.05, 0.1) is 31.7 Å². The van der Waals surface area contributed by atoms with Crippen LogP contribution in [0.5, 0.6) is 5.75 Å². The number of aromatic nitrogens is 1. The number of carbonyl (C=O) groups excluding carboxylic acids is 1. The van der Waals surface area contributed by atoms with Crippen molar-refractivity contribution in [3.05, 3.63) is 46.3 Å². The van der Waals surface area contributed by atoms with Crippen LogP contribution in [0.25, 0.3) is 21.9 Å². The largest absolute Gasteiger partial charge is 0.490 e. The molecule has 0 aliphatic rings. The van der Waals surface area contributed by atoms with Gasteiger partial charge in [-0.25, -0.2) is 0 Å². The summed E-state index contributed by atoms with van der Waals surface area (Å²) >= 11 is 0. The quantitative estimate of drug-likeness (QED) is 0.337. The Morgan fingerprint density at radius 2 is 2.11 bits per heavy atom. The molecule has 8 heteroatoms. The highest BCUT2D eigenvalue weighted by molar-refractivity contribution is 6.08. The lowest BCUT2D eigenvalue weighted by Crippen LogP contribution is -2.18. The van der Waals surface area contributed by atoms with Crippen molar-refractivity contribution in [3.63, 3.8) is 0 Å². The van der Waals surface area contributed by atoms with Crippen molar-refractivity contribution >= 4 is 27.9 Å². The SMILES string of the molecule is CCOC(=O)CC(C[N+](=O)[O-])c1ccc(OCC)c2oc3cnccc3c12. The van der Waals surface area contributed by atoms with E-state index in [0.29, 0.717) is 34.5 Å². The topological polar surface area (TPSA) is 105 Å². The first-order valence-electron chi connectivity index (χ1n) is 8.74. The molecule has 0 spiro atoms. The number of fused-ring (bicyclic) bond motifs is 3. The molecular weight excluding hydrogens is 352 g/mol. The summed E-state index contributed by atoms with van der Waals surface area (Å²) in [6.07, 6.45) is 3.13. The second kappa shape index (κ2) is 8.03. The van der Waals surface area contributed by atoms with Gasteiger partial charge in [-0.2, -0.15) is 0 Å². The van der Waals surface area contributed by atoms with Crippen molar-refractivity contribution in [1.82, 2.24) is 4.98 Å². The molecule has 142 valence electrons. The Hall–Kier alpha value is -3.16. The maximum absolute atomic E-state index is 12.0. The van der Waals surface area contributed by atoms with Crippen molar-refractivity contribution in [2.45, 2.75) is 26.2 Å². The van der Waals surface area contributed by atoms with Crippen LogP contribution in [0.1, 0.15) is 31.7 Å². The van der Waals surface area contributed by atoms with Gasteiger partial charge in [-0.05, 0) is 31.5 Å². The van der Waals surface area contributed by atoms with Gasteiger partial charge in [-0.15, -0.1) is 0 Å². The molecule has 2 aromatic heterocycles. The number of benzene rings is 1. The maximum atomic E-state index is 12.0. The predicted molar refractivity (Wildman–Crippen MR) is 98.5 cm³/mol. The van der Waals surface area contributed by atoms with Crippen molar-refractivity contribution in [2.75, 3.05) is 19.8 Å². The van der Waals surface area contributed by atoms with E-state index in [-0.39, 0.29) is 19.6 Å². The molecule has 0 saturated heterocycles. The number of hydrogen-bond donors (Lipinski definition) is 0. The summed E-state index contributed by atoms with van der Waals surface area (Å²) in [5.41, 5.74) is 1.70. The van der Waals surface area contributed by atoms with E-state index in [0.717, 1.165) is 5.39 Å². The van der Waals surface area contributed by atoms with E-state index in [4.69, 9.17) is 13.9 Å². The van der Waals surface area contributed by atoms with Gasteiger partial charge in [0, 0.05) is 21.9 Å². The number of ether oxygens (including phenoxy) is 2. The van der Waals surface area contributed by atoms with E-state index in [1.165, 1.54) is 0 Å². The third-order valence-corrected chi connectivity index (χ3v) is 4.25. The fourth-order valence-corrected chi connectivity index (χ4v) is 3.22. The third kappa shape index (κ3) is 3.84.